The van der Waals surface area contributed by atoms with E-state index in [0.29, 0.717) is 31.1 Å². The van der Waals surface area contributed by atoms with E-state index in [9.17, 15) is 9.59 Å². The van der Waals surface area contributed by atoms with Crippen LogP contribution >= 0.6 is 11.8 Å². The zero-order valence-electron chi connectivity index (χ0n) is 15.0. The van der Waals surface area contributed by atoms with Crippen LogP contribution in [0.2, 0.25) is 0 Å². The van der Waals surface area contributed by atoms with Crippen LogP contribution in [0.5, 0.6) is 0 Å². The highest BCUT2D eigenvalue weighted by Crippen LogP contribution is 2.36. The van der Waals surface area contributed by atoms with Gasteiger partial charge in [0.2, 0.25) is 11.8 Å². The second kappa shape index (κ2) is 8.51. The SMILES string of the molecule is Cc1cc(C)c2c(n1)SCC(=O)N2CCCC(=O)NCCC(C)C. The first-order chi connectivity index (χ1) is 11.4. The lowest BCUT2D eigenvalue weighted by molar-refractivity contribution is -0.121. The number of anilines is 1. The predicted molar refractivity (Wildman–Crippen MR) is 98.5 cm³/mol. The summed E-state index contributed by atoms with van der Waals surface area (Å²) in [5, 5.41) is 3.87. The Kier molecular flexibility index (Phi) is 6.66. The smallest absolute Gasteiger partial charge is 0.237 e. The fourth-order valence-corrected chi connectivity index (χ4v) is 3.81. The van der Waals surface area contributed by atoms with Crippen molar-refractivity contribution in [3.63, 3.8) is 0 Å². The summed E-state index contributed by atoms with van der Waals surface area (Å²) in [6.45, 7) is 9.55. The van der Waals surface area contributed by atoms with E-state index in [4.69, 9.17) is 0 Å². The van der Waals surface area contributed by atoms with Gasteiger partial charge >= 0.3 is 0 Å². The number of rotatable bonds is 7. The van der Waals surface area contributed by atoms with Crippen LogP contribution in [0.3, 0.4) is 0 Å². The summed E-state index contributed by atoms with van der Waals surface area (Å²) in [6, 6.07) is 2.00. The topological polar surface area (TPSA) is 62.3 Å². The maximum absolute atomic E-state index is 12.3. The number of carbonyl (C=O) groups excluding carboxylic acids is 2. The van der Waals surface area contributed by atoms with Crippen LogP contribution < -0.4 is 10.2 Å². The van der Waals surface area contributed by atoms with Gasteiger partial charge in [-0.3, -0.25) is 9.59 Å². The van der Waals surface area contributed by atoms with E-state index in [2.05, 4.69) is 24.1 Å². The molecule has 2 heterocycles. The number of amides is 2. The number of hydrogen-bond acceptors (Lipinski definition) is 4. The average Bonchev–Trinajstić information content (AvgIpc) is 2.49. The molecule has 1 N–H and O–H groups in total. The van der Waals surface area contributed by atoms with E-state index in [1.54, 1.807) is 4.90 Å². The fraction of sp³-hybridized carbons (Fsp3) is 0.611. The summed E-state index contributed by atoms with van der Waals surface area (Å²) in [4.78, 5) is 30.5. The van der Waals surface area contributed by atoms with Crippen molar-refractivity contribution in [2.75, 3.05) is 23.7 Å². The molecule has 24 heavy (non-hydrogen) atoms. The second-order valence-electron chi connectivity index (χ2n) is 6.70. The van der Waals surface area contributed by atoms with Crippen LogP contribution in [0.1, 0.15) is 44.4 Å². The van der Waals surface area contributed by atoms with E-state index < -0.39 is 0 Å². The van der Waals surface area contributed by atoms with Gasteiger partial charge in [-0.2, -0.15) is 0 Å². The molecule has 1 aliphatic rings. The third-order valence-electron chi connectivity index (χ3n) is 4.01. The summed E-state index contributed by atoms with van der Waals surface area (Å²) in [5.74, 6) is 1.17. The first-order valence-corrected chi connectivity index (χ1v) is 9.55. The van der Waals surface area contributed by atoms with Crippen molar-refractivity contribution in [2.45, 2.75) is 52.0 Å². The highest BCUT2D eigenvalue weighted by Gasteiger charge is 2.27. The van der Waals surface area contributed by atoms with Crippen molar-refractivity contribution in [2.24, 2.45) is 5.92 Å². The van der Waals surface area contributed by atoms with Gasteiger partial charge in [-0.25, -0.2) is 4.98 Å². The lowest BCUT2D eigenvalue weighted by atomic mass is 10.1. The van der Waals surface area contributed by atoms with E-state index in [0.717, 1.165) is 34.9 Å². The number of carbonyl (C=O) groups is 2. The number of aromatic nitrogens is 1. The molecule has 5 nitrogen and oxygen atoms in total. The van der Waals surface area contributed by atoms with Crippen molar-refractivity contribution < 1.29 is 9.59 Å². The van der Waals surface area contributed by atoms with Crippen LogP contribution in [0, 0.1) is 19.8 Å². The molecule has 0 saturated heterocycles. The molecule has 2 rings (SSSR count). The van der Waals surface area contributed by atoms with Crippen LogP contribution in [0.15, 0.2) is 11.1 Å². The molecule has 1 aromatic rings. The molecule has 0 atom stereocenters. The Morgan fingerprint density at radius 2 is 2.17 bits per heavy atom. The third kappa shape index (κ3) is 4.97. The Hall–Kier alpha value is -1.56. The van der Waals surface area contributed by atoms with E-state index in [1.807, 2.05) is 19.9 Å². The number of fused-ring (bicyclic) bond motifs is 1. The van der Waals surface area contributed by atoms with Crippen molar-refractivity contribution in [3.05, 3.63) is 17.3 Å². The standard InChI is InChI=1S/C18H27N3O2S/c1-12(2)7-8-19-15(22)6-5-9-21-16(23)11-24-18-17(21)13(3)10-14(4)20-18/h10,12H,5-9,11H2,1-4H3,(H,19,22). The average molecular weight is 350 g/mol. The van der Waals surface area contributed by atoms with Gasteiger partial charge in [0.15, 0.2) is 0 Å². The number of pyridine rings is 1. The Morgan fingerprint density at radius 3 is 2.88 bits per heavy atom. The zero-order valence-corrected chi connectivity index (χ0v) is 15.8. The van der Waals surface area contributed by atoms with E-state index in [1.165, 1.54) is 11.8 Å². The first-order valence-electron chi connectivity index (χ1n) is 8.56. The van der Waals surface area contributed by atoms with E-state index in [-0.39, 0.29) is 11.8 Å². The van der Waals surface area contributed by atoms with Crippen LogP contribution in [-0.2, 0) is 9.59 Å². The summed E-state index contributed by atoms with van der Waals surface area (Å²) < 4.78 is 0. The normalized spacial score (nSPS) is 14.0. The minimum atomic E-state index is 0.0634. The number of aryl methyl sites for hydroxylation is 2. The molecule has 0 saturated carbocycles. The molecule has 1 aromatic heterocycles. The number of hydrogen-bond donors (Lipinski definition) is 1. The Balaban J connectivity index is 1.91. The molecular formula is C18H27N3O2S. The lowest BCUT2D eigenvalue weighted by Crippen LogP contribution is -2.37. The van der Waals surface area contributed by atoms with Crippen molar-refractivity contribution in [1.82, 2.24) is 10.3 Å². The van der Waals surface area contributed by atoms with Crippen LogP contribution in [0.4, 0.5) is 5.69 Å². The van der Waals surface area contributed by atoms with Crippen molar-refractivity contribution in [3.8, 4) is 0 Å². The van der Waals surface area contributed by atoms with Crippen molar-refractivity contribution >= 4 is 29.3 Å². The molecule has 0 aliphatic carbocycles. The van der Waals surface area contributed by atoms with Crippen LogP contribution in [0.25, 0.3) is 0 Å². The number of thioether (sulfide) groups is 1. The maximum Gasteiger partial charge on any atom is 0.237 e. The molecule has 0 spiro atoms. The minimum absolute atomic E-state index is 0.0634. The maximum atomic E-state index is 12.3. The van der Waals surface area contributed by atoms with Gasteiger partial charge < -0.3 is 10.2 Å². The lowest BCUT2D eigenvalue weighted by Gasteiger charge is -2.30. The summed E-state index contributed by atoms with van der Waals surface area (Å²) in [5.41, 5.74) is 2.96. The molecule has 1 aliphatic heterocycles. The molecule has 2 amide bonds. The molecule has 0 aromatic carbocycles. The molecule has 0 unspecified atom stereocenters. The Labute approximate surface area is 148 Å². The zero-order chi connectivity index (χ0) is 17.7. The number of nitrogens with zero attached hydrogens (tertiary/aromatic N) is 2. The van der Waals surface area contributed by atoms with Crippen LogP contribution in [-0.4, -0.2) is 35.6 Å². The molecule has 6 heteroatoms. The van der Waals surface area contributed by atoms with Gasteiger partial charge in [0.1, 0.15) is 5.03 Å². The van der Waals surface area contributed by atoms with E-state index >= 15 is 0 Å². The quantitative estimate of drug-likeness (QED) is 0.822. The highest BCUT2D eigenvalue weighted by atomic mass is 32.2. The summed E-state index contributed by atoms with van der Waals surface area (Å²) >= 11 is 1.50. The molecule has 0 bridgehead atoms. The Morgan fingerprint density at radius 1 is 1.42 bits per heavy atom. The minimum Gasteiger partial charge on any atom is -0.356 e. The molecular weight excluding hydrogens is 322 g/mol. The highest BCUT2D eigenvalue weighted by molar-refractivity contribution is 8.00. The molecule has 132 valence electrons. The third-order valence-corrected chi connectivity index (χ3v) is 4.96. The van der Waals surface area contributed by atoms with Gasteiger partial charge in [-0.05, 0) is 44.2 Å². The molecule has 0 fully saturated rings. The predicted octanol–water partition coefficient (Wildman–Crippen LogP) is 3.08. The van der Waals surface area contributed by atoms with Crippen molar-refractivity contribution in [1.29, 1.82) is 0 Å². The van der Waals surface area contributed by atoms with Gasteiger partial charge in [-0.15, -0.1) is 0 Å². The summed E-state index contributed by atoms with van der Waals surface area (Å²) in [7, 11) is 0. The molecule has 0 radical (unpaired) electrons. The van der Waals surface area contributed by atoms with Gasteiger partial charge in [-0.1, -0.05) is 25.6 Å². The van der Waals surface area contributed by atoms with Gasteiger partial charge in [0.25, 0.3) is 0 Å². The second-order valence-corrected chi connectivity index (χ2v) is 7.67. The summed E-state index contributed by atoms with van der Waals surface area (Å²) in [6.07, 6.45) is 2.10. The van der Waals surface area contributed by atoms with Gasteiger partial charge in [0, 0.05) is 25.2 Å². The first kappa shape index (κ1) is 18.8. The largest absolute Gasteiger partial charge is 0.356 e. The Bertz CT molecular complexity index is 617. The van der Waals surface area contributed by atoms with Gasteiger partial charge in [0.05, 0.1) is 11.4 Å². The number of nitrogens with one attached hydrogen (secondary N) is 1. The monoisotopic (exact) mass is 349 g/mol. The fourth-order valence-electron chi connectivity index (χ4n) is 2.78.